The number of rotatable bonds is 3. The van der Waals surface area contributed by atoms with Crippen molar-refractivity contribution in [2.24, 2.45) is 0 Å². The minimum absolute atomic E-state index is 0.0358. The molecule has 2 heterocycles. The van der Waals surface area contributed by atoms with Gasteiger partial charge in [-0.25, -0.2) is 22.2 Å². The molecule has 29 heavy (non-hydrogen) atoms. The zero-order valence-corrected chi connectivity index (χ0v) is 15.9. The largest absolute Gasteiger partial charge is 0.335 e. The molecule has 1 amide bonds. The van der Waals surface area contributed by atoms with Gasteiger partial charge in [0.1, 0.15) is 5.69 Å². The second-order valence-electron chi connectivity index (χ2n) is 6.52. The fourth-order valence-electron chi connectivity index (χ4n) is 3.14. The number of hydrogen-bond acceptors (Lipinski definition) is 5. The summed E-state index contributed by atoms with van der Waals surface area (Å²) in [6.45, 7) is 0.370. The van der Waals surface area contributed by atoms with Crippen LogP contribution < -0.4 is 0 Å². The minimum Gasteiger partial charge on any atom is -0.335 e. The lowest BCUT2D eigenvalue weighted by atomic mass is 10.2. The van der Waals surface area contributed by atoms with Gasteiger partial charge in [-0.1, -0.05) is 12.1 Å². The van der Waals surface area contributed by atoms with Gasteiger partial charge < -0.3 is 4.90 Å². The molecule has 0 unspecified atom stereocenters. The summed E-state index contributed by atoms with van der Waals surface area (Å²) in [5.74, 6) is -2.68. The maximum atomic E-state index is 13.4. The highest BCUT2D eigenvalue weighted by molar-refractivity contribution is 7.89. The Morgan fingerprint density at radius 3 is 2.31 bits per heavy atom. The van der Waals surface area contributed by atoms with Crippen molar-refractivity contribution in [3.63, 3.8) is 0 Å². The second kappa shape index (κ2) is 7.45. The Labute approximate surface area is 165 Å². The zero-order chi connectivity index (χ0) is 20.6. The van der Waals surface area contributed by atoms with E-state index in [9.17, 15) is 22.0 Å². The first kappa shape index (κ1) is 19.3. The summed E-state index contributed by atoms with van der Waals surface area (Å²) in [5.41, 5.74) is 1.45. The Kier molecular flexibility index (Phi) is 4.97. The SMILES string of the molecule is O=C(c1cnc2ccccc2n1)N1CCN(S(=O)(=O)c2ccc(F)c(F)c2)CC1. The molecule has 1 aromatic heterocycles. The van der Waals surface area contributed by atoms with Gasteiger partial charge in [0.2, 0.25) is 10.0 Å². The number of sulfonamides is 1. The van der Waals surface area contributed by atoms with E-state index in [1.807, 2.05) is 6.07 Å². The van der Waals surface area contributed by atoms with Crippen LogP contribution in [0.3, 0.4) is 0 Å². The lowest BCUT2D eigenvalue weighted by molar-refractivity contribution is 0.0692. The Morgan fingerprint density at radius 2 is 1.62 bits per heavy atom. The first-order chi connectivity index (χ1) is 13.9. The molecule has 1 aliphatic rings. The van der Waals surface area contributed by atoms with E-state index < -0.39 is 21.7 Å². The first-order valence-electron chi connectivity index (χ1n) is 8.82. The van der Waals surface area contributed by atoms with Gasteiger partial charge in [-0.15, -0.1) is 0 Å². The van der Waals surface area contributed by atoms with E-state index in [1.165, 1.54) is 11.1 Å². The number of nitrogens with zero attached hydrogens (tertiary/aromatic N) is 4. The third-order valence-corrected chi connectivity index (χ3v) is 6.62. The fourth-order valence-corrected chi connectivity index (χ4v) is 4.57. The summed E-state index contributed by atoms with van der Waals surface area (Å²) in [7, 11) is -3.98. The van der Waals surface area contributed by atoms with Gasteiger partial charge in [-0.3, -0.25) is 9.78 Å². The van der Waals surface area contributed by atoms with Crippen molar-refractivity contribution in [3.8, 4) is 0 Å². The third-order valence-electron chi connectivity index (χ3n) is 4.72. The quantitative estimate of drug-likeness (QED) is 0.650. The van der Waals surface area contributed by atoms with Crippen molar-refractivity contribution < 1.29 is 22.0 Å². The number of para-hydroxylation sites is 2. The first-order valence-corrected chi connectivity index (χ1v) is 10.3. The van der Waals surface area contributed by atoms with Gasteiger partial charge in [0, 0.05) is 26.2 Å². The molecule has 2 aromatic carbocycles. The molecular weight excluding hydrogens is 402 g/mol. The van der Waals surface area contributed by atoms with Crippen LogP contribution in [-0.2, 0) is 10.0 Å². The van der Waals surface area contributed by atoms with Crippen molar-refractivity contribution in [1.29, 1.82) is 0 Å². The summed E-state index contributed by atoms with van der Waals surface area (Å²) < 4.78 is 53.0. The maximum absolute atomic E-state index is 13.4. The van der Waals surface area contributed by atoms with Crippen LogP contribution in [-0.4, -0.2) is 59.7 Å². The standard InChI is InChI=1S/C19H16F2N4O3S/c20-14-6-5-13(11-15(14)21)29(27,28)25-9-7-24(8-10-25)19(26)18-12-22-16-3-1-2-4-17(16)23-18/h1-6,11-12H,7-10H2. The molecule has 0 N–H and O–H groups in total. The second-order valence-corrected chi connectivity index (χ2v) is 8.45. The summed E-state index contributed by atoms with van der Waals surface area (Å²) >= 11 is 0. The van der Waals surface area contributed by atoms with Crippen molar-refractivity contribution in [1.82, 2.24) is 19.2 Å². The van der Waals surface area contributed by atoms with Gasteiger partial charge in [0.05, 0.1) is 22.1 Å². The molecule has 7 nitrogen and oxygen atoms in total. The predicted molar refractivity (Wildman–Crippen MR) is 101 cm³/mol. The molecule has 3 aromatic rings. The molecule has 0 radical (unpaired) electrons. The van der Waals surface area contributed by atoms with Gasteiger partial charge in [-0.05, 0) is 30.3 Å². The van der Waals surface area contributed by atoms with E-state index in [-0.39, 0.29) is 42.7 Å². The number of halogens is 2. The van der Waals surface area contributed by atoms with E-state index in [0.29, 0.717) is 17.1 Å². The van der Waals surface area contributed by atoms with Crippen LogP contribution in [0.4, 0.5) is 8.78 Å². The Balaban J connectivity index is 1.48. The van der Waals surface area contributed by atoms with Crippen LogP contribution in [0.25, 0.3) is 11.0 Å². The van der Waals surface area contributed by atoms with Crippen LogP contribution in [0, 0.1) is 11.6 Å². The Hall–Kier alpha value is -2.98. The van der Waals surface area contributed by atoms with E-state index in [1.54, 1.807) is 18.2 Å². The van der Waals surface area contributed by atoms with Crippen LogP contribution in [0.5, 0.6) is 0 Å². The van der Waals surface area contributed by atoms with Gasteiger partial charge in [0.15, 0.2) is 11.6 Å². The average Bonchev–Trinajstić information content (AvgIpc) is 2.74. The molecule has 10 heteroatoms. The van der Waals surface area contributed by atoms with Gasteiger partial charge >= 0.3 is 0 Å². The highest BCUT2D eigenvalue weighted by Gasteiger charge is 2.31. The van der Waals surface area contributed by atoms with Crippen molar-refractivity contribution in [2.75, 3.05) is 26.2 Å². The van der Waals surface area contributed by atoms with Crippen LogP contribution in [0.15, 0.2) is 53.6 Å². The summed E-state index contributed by atoms with van der Waals surface area (Å²) in [4.78, 5) is 22.4. The van der Waals surface area contributed by atoms with Crippen molar-refractivity contribution >= 4 is 27.0 Å². The maximum Gasteiger partial charge on any atom is 0.274 e. The molecule has 0 spiro atoms. The number of aromatic nitrogens is 2. The van der Waals surface area contributed by atoms with Gasteiger partial charge in [-0.2, -0.15) is 4.31 Å². The number of benzene rings is 2. The van der Waals surface area contributed by atoms with Crippen molar-refractivity contribution in [3.05, 3.63) is 66.0 Å². The van der Waals surface area contributed by atoms with E-state index in [4.69, 9.17) is 0 Å². The highest BCUT2D eigenvalue weighted by atomic mass is 32.2. The molecule has 0 saturated carbocycles. The van der Waals surface area contributed by atoms with Crippen LogP contribution >= 0.6 is 0 Å². The lowest BCUT2D eigenvalue weighted by Crippen LogP contribution is -2.50. The zero-order valence-electron chi connectivity index (χ0n) is 15.1. The van der Waals surface area contributed by atoms with Crippen molar-refractivity contribution in [2.45, 2.75) is 4.90 Å². The highest BCUT2D eigenvalue weighted by Crippen LogP contribution is 2.20. The van der Waals surface area contributed by atoms with Gasteiger partial charge in [0.25, 0.3) is 5.91 Å². The number of fused-ring (bicyclic) bond motifs is 1. The lowest BCUT2D eigenvalue weighted by Gasteiger charge is -2.33. The number of carbonyl (C=O) groups is 1. The topological polar surface area (TPSA) is 83.5 Å². The van der Waals surface area contributed by atoms with E-state index in [2.05, 4.69) is 9.97 Å². The molecule has 1 fully saturated rings. The number of hydrogen-bond donors (Lipinski definition) is 0. The number of piperazine rings is 1. The third kappa shape index (κ3) is 3.68. The fraction of sp³-hybridized carbons (Fsp3) is 0.211. The molecule has 1 aliphatic heterocycles. The molecule has 4 rings (SSSR count). The summed E-state index contributed by atoms with van der Waals surface area (Å²) in [5, 5.41) is 0. The molecule has 0 bridgehead atoms. The minimum atomic E-state index is -3.98. The average molecular weight is 418 g/mol. The normalized spacial score (nSPS) is 15.6. The van der Waals surface area contributed by atoms with E-state index in [0.717, 1.165) is 16.4 Å². The Bertz CT molecular complexity index is 1200. The predicted octanol–water partition coefficient (Wildman–Crippen LogP) is 2.05. The monoisotopic (exact) mass is 418 g/mol. The van der Waals surface area contributed by atoms with Crippen LogP contribution in [0.2, 0.25) is 0 Å². The number of carbonyl (C=O) groups excluding carboxylic acids is 1. The molecular formula is C19H16F2N4O3S. The van der Waals surface area contributed by atoms with E-state index >= 15 is 0 Å². The molecule has 0 atom stereocenters. The summed E-state index contributed by atoms with van der Waals surface area (Å²) in [6.07, 6.45) is 1.40. The number of amides is 1. The summed E-state index contributed by atoms with van der Waals surface area (Å²) in [6, 6.07) is 9.63. The Morgan fingerprint density at radius 1 is 0.931 bits per heavy atom. The molecule has 1 saturated heterocycles. The smallest absolute Gasteiger partial charge is 0.274 e. The van der Waals surface area contributed by atoms with Crippen LogP contribution in [0.1, 0.15) is 10.5 Å². The molecule has 0 aliphatic carbocycles. The molecule has 150 valence electrons.